The molecule has 2 bridgehead atoms. The standard InChI is InChI=1S/C34H44O5/c1-3-23-12-8-13-24(23)20-26-31(28(36)18-21-9-5-4-6-10-21)34-16-15-29(39-34)30(32(34)33(26)37)27(35)19-22-11-7-14-25(17-22)38-2/h7,11,14-17,21,23-24,26,29-32H,3-6,8-10,12-13,18-20H2,1-2H3. The van der Waals surface area contributed by atoms with Gasteiger partial charge in [0, 0.05) is 18.8 Å². The van der Waals surface area contributed by atoms with Crippen LogP contribution in [0.2, 0.25) is 0 Å². The van der Waals surface area contributed by atoms with Crippen LogP contribution in [0.1, 0.15) is 83.1 Å². The number of rotatable bonds is 10. The lowest BCUT2D eigenvalue weighted by Crippen LogP contribution is -2.44. The van der Waals surface area contributed by atoms with Gasteiger partial charge in [0.05, 0.1) is 31.0 Å². The monoisotopic (exact) mass is 532 g/mol. The van der Waals surface area contributed by atoms with Crippen LogP contribution in [0, 0.1) is 41.4 Å². The summed E-state index contributed by atoms with van der Waals surface area (Å²) in [5.74, 6) is 0.753. The first kappa shape index (κ1) is 26.9. The van der Waals surface area contributed by atoms with Crippen molar-refractivity contribution in [2.45, 2.75) is 95.7 Å². The molecule has 0 radical (unpaired) electrons. The second kappa shape index (κ2) is 11.0. The summed E-state index contributed by atoms with van der Waals surface area (Å²) in [6.45, 7) is 2.25. The zero-order chi connectivity index (χ0) is 27.1. The summed E-state index contributed by atoms with van der Waals surface area (Å²) in [5, 5.41) is 0. The van der Waals surface area contributed by atoms with Crippen LogP contribution >= 0.6 is 0 Å². The predicted molar refractivity (Wildman–Crippen MR) is 149 cm³/mol. The van der Waals surface area contributed by atoms with E-state index in [1.807, 2.05) is 36.4 Å². The summed E-state index contributed by atoms with van der Waals surface area (Å²) < 4.78 is 12.0. The SMILES string of the molecule is CCC1CCCC1CC1C(=O)C2C(C(=O)Cc3cccc(OC)c3)C3C=CC2(O3)C1C(=O)CC1CCCCC1. The topological polar surface area (TPSA) is 69.7 Å². The highest BCUT2D eigenvalue weighted by Gasteiger charge is 2.72. The van der Waals surface area contributed by atoms with Gasteiger partial charge in [0.1, 0.15) is 28.7 Å². The molecule has 0 amide bonds. The third-order valence-corrected chi connectivity index (χ3v) is 11.0. The quantitative estimate of drug-likeness (QED) is 0.330. The largest absolute Gasteiger partial charge is 0.497 e. The van der Waals surface area contributed by atoms with Gasteiger partial charge in [-0.15, -0.1) is 0 Å². The second-order valence-corrected chi connectivity index (χ2v) is 13.0. The molecule has 5 heteroatoms. The first-order valence-electron chi connectivity index (χ1n) is 15.5. The summed E-state index contributed by atoms with van der Waals surface area (Å²) >= 11 is 0. The molecule has 6 rings (SSSR count). The van der Waals surface area contributed by atoms with Crippen molar-refractivity contribution >= 4 is 17.3 Å². The highest BCUT2D eigenvalue weighted by atomic mass is 16.5. The third kappa shape index (κ3) is 4.73. The van der Waals surface area contributed by atoms with Crippen LogP contribution in [0.3, 0.4) is 0 Å². The minimum Gasteiger partial charge on any atom is -0.497 e. The molecule has 0 N–H and O–H groups in total. The van der Waals surface area contributed by atoms with E-state index >= 15 is 0 Å². The normalized spacial score (nSPS) is 37.4. The number of hydrogen-bond donors (Lipinski definition) is 0. The van der Waals surface area contributed by atoms with Crippen molar-refractivity contribution in [3.8, 4) is 5.75 Å². The van der Waals surface area contributed by atoms with Crippen LogP contribution in [0.15, 0.2) is 36.4 Å². The first-order chi connectivity index (χ1) is 18.9. The number of carbonyl (C=O) groups is 3. The van der Waals surface area contributed by atoms with Crippen molar-refractivity contribution in [3.63, 3.8) is 0 Å². The van der Waals surface area contributed by atoms with Crippen molar-refractivity contribution < 1.29 is 23.9 Å². The number of ether oxygens (including phenoxy) is 2. The molecule has 2 heterocycles. The molecule has 8 atom stereocenters. The lowest BCUT2D eigenvalue weighted by Gasteiger charge is -2.33. The maximum absolute atomic E-state index is 14.4. The van der Waals surface area contributed by atoms with E-state index < -0.39 is 29.5 Å². The van der Waals surface area contributed by atoms with Gasteiger partial charge in [0.25, 0.3) is 0 Å². The molecule has 8 unspecified atom stereocenters. The summed E-state index contributed by atoms with van der Waals surface area (Å²) in [7, 11) is 1.62. The van der Waals surface area contributed by atoms with Crippen molar-refractivity contribution in [3.05, 3.63) is 42.0 Å². The lowest BCUT2D eigenvalue weighted by molar-refractivity contribution is -0.136. The van der Waals surface area contributed by atoms with E-state index in [0.717, 1.165) is 37.7 Å². The fourth-order valence-electron chi connectivity index (χ4n) is 9.17. The molecule has 39 heavy (non-hydrogen) atoms. The van der Waals surface area contributed by atoms with E-state index in [2.05, 4.69) is 6.92 Å². The van der Waals surface area contributed by atoms with Gasteiger partial charge in [-0.1, -0.05) is 89.0 Å². The molecule has 2 aliphatic heterocycles. The Morgan fingerprint density at radius 2 is 1.82 bits per heavy atom. The van der Waals surface area contributed by atoms with E-state index in [1.54, 1.807) is 7.11 Å². The molecule has 3 saturated carbocycles. The van der Waals surface area contributed by atoms with Gasteiger partial charge < -0.3 is 9.47 Å². The molecule has 5 nitrogen and oxygen atoms in total. The van der Waals surface area contributed by atoms with Crippen LogP contribution in [0.25, 0.3) is 0 Å². The van der Waals surface area contributed by atoms with Crippen LogP contribution < -0.4 is 4.74 Å². The molecule has 5 aliphatic rings. The second-order valence-electron chi connectivity index (χ2n) is 13.0. The van der Waals surface area contributed by atoms with E-state index in [0.29, 0.717) is 29.9 Å². The number of Topliss-reactive ketones (excluding diaryl/α,β-unsaturated/α-hetero) is 3. The molecular formula is C34H44O5. The summed E-state index contributed by atoms with van der Waals surface area (Å²) in [4.78, 5) is 42.4. The van der Waals surface area contributed by atoms with E-state index in [4.69, 9.17) is 9.47 Å². The number of hydrogen-bond acceptors (Lipinski definition) is 5. The molecular weight excluding hydrogens is 488 g/mol. The van der Waals surface area contributed by atoms with Gasteiger partial charge in [-0.05, 0) is 41.9 Å². The number of ketones is 3. The summed E-state index contributed by atoms with van der Waals surface area (Å²) in [6, 6.07) is 7.58. The Labute approximate surface area is 233 Å². The summed E-state index contributed by atoms with van der Waals surface area (Å²) in [5.41, 5.74) is -0.0588. The maximum Gasteiger partial charge on any atom is 0.144 e. The van der Waals surface area contributed by atoms with E-state index in [-0.39, 0.29) is 29.7 Å². The maximum atomic E-state index is 14.4. The average molecular weight is 533 g/mol. The number of methoxy groups -OCH3 is 1. The highest BCUT2D eigenvalue weighted by molar-refractivity contribution is 6.02. The van der Waals surface area contributed by atoms with Crippen molar-refractivity contribution in [1.29, 1.82) is 0 Å². The average Bonchev–Trinajstić information content (AvgIpc) is 3.70. The van der Waals surface area contributed by atoms with Crippen LogP contribution in [0.5, 0.6) is 5.75 Å². The fraction of sp³-hybridized carbons (Fsp3) is 0.676. The Morgan fingerprint density at radius 3 is 2.59 bits per heavy atom. The molecule has 1 aromatic rings. The van der Waals surface area contributed by atoms with Gasteiger partial charge in [-0.3, -0.25) is 14.4 Å². The van der Waals surface area contributed by atoms with Crippen LogP contribution in [-0.2, 0) is 25.5 Å². The molecule has 4 fully saturated rings. The van der Waals surface area contributed by atoms with Crippen molar-refractivity contribution in [2.24, 2.45) is 41.4 Å². The molecule has 3 aliphatic carbocycles. The van der Waals surface area contributed by atoms with E-state index in [1.165, 1.54) is 32.1 Å². The van der Waals surface area contributed by atoms with Gasteiger partial charge in [0.15, 0.2) is 0 Å². The smallest absolute Gasteiger partial charge is 0.144 e. The minimum absolute atomic E-state index is 0.0317. The molecule has 1 spiro atoms. The zero-order valence-electron chi connectivity index (χ0n) is 23.6. The predicted octanol–water partition coefficient (Wildman–Crippen LogP) is 6.32. The van der Waals surface area contributed by atoms with Gasteiger partial charge in [-0.2, -0.15) is 0 Å². The minimum atomic E-state index is -0.937. The first-order valence-corrected chi connectivity index (χ1v) is 15.5. The lowest BCUT2D eigenvalue weighted by atomic mass is 9.70. The Hall–Kier alpha value is -2.27. The molecule has 0 aromatic heterocycles. The van der Waals surface area contributed by atoms with Crippen molar-refractivity contribution in [2.75, 3.05) is 7.11 Å². The fourth-order valence-corrected chi connectivity index (χ4v) is 9.17. The number of fused-ring (bicyclic) bond motifs is 1. The van der Waals surface area contributed by atoms with Gasteiger partial charge in [-0.25, -0.2) is 0 Å². The van der Waals surface area contributed by atoms with Crippen molar-refractivity contribution in [1.82, 2.24) is 0 Å². The summed E-state index contributed by atoms with van der Waals surface area (Å²) in [6.07, 6.45) is 15.7. The number of benzene rings is 1. The molecule has 1 saturated heterocycles. The third-order valence-electron chi connectivity index (χ3n) is 11.0. The Bertz CT molecular complexity index is 1130. The van der Waals surface area contributed by atoms with Crippen LogP contribution in [0.4, 0.5) is 0 Å². The van der Waals surface area contributed by atoms with Gasteiger partial charge >= 0.3 is 0 Å². The Morgan fingerprint density at radius 1 is 1.03 bits per heavy atom. The molecule has 1 aromatic carbocycles. The Balaban J connectivity index is 1.30. The molecule has 210 valence electrons. The highest BCUT2D eigenvalue weighted by Crippen LogP contribution is 2.61. The Kier molecular flexibility index (Phi) is 7.56. The zero-order valence-corrected chi connectivity index (χ0v) is 23.6. The number of carbonyl (C=O) groups excluding carboxylic acids is 3. The van der Waals surface area contributed by atoms with Crippen LogP contribution in [-0.4, -0.2) is 36.2 Å². The van der Waals surface area contributed by atoms with Gasteiger partial charge in [0.2, 0.25) is 0 Å². The van der Waals surface area contributed by atoms with E-state index in [9.17, 15) is 14.4 Å².